The molecular weight excluding hydrogens is 396 g/mol. The zero-order valence-electron chi connectivity index (χ0n) is 15.5. The van der Waals surface area contributed by atoms with Gasteiger partial charge in [-0.05, 0) is 50.2 Å². The van der Waals surface area contributed by atoms with Gasteiger partial charge in [0.25, 0.3) is 0 Å². The van der Waals surface area contributed by atoms with Crippen LogP contribution in [0.1, 0.15) is 12.8 Å². The Morgan fingerprint density at radius 3 is 2.37 bits per heavy atom. The Hall–Kier alpha value is -1.39. The summed E-state index contributed by atoms with van der Waals surface area (Å²) in [7, 11) is -0.742. The monoisotopic (exact) mass is 422 g/mol. The quantitative estimate of drug-likeness (QED) is 0.571. The molecule has 0 atom stereocenters. The molecule has 154 valence electrons. The third-order valence-corrected chi connectivity index (χ3v) is 5.89. The van der Waals surface area contributed by atoms with Gasteiger partial charge in [0.2, 0.25) is 10.0 Å². The van der Waals surface area contributed by atoms with E-state index < -0.39 is 16.0 Å². The van der Waals surface area contributed by atoms with Crippen molar-refractivity contribution in [2.75, 3.05) is 47.1 Å². The van der Waals surface area contributed by atoms with Gasteiger partial charge in [-0.15, -0.1) is 12.4 Å². The number of hydrogen-bond donors (Lipinski definition) is 2. The van der Waals surface area contributed by atoms with E-state index in [0.717, 1.165) is 25.9 Å². The lowest BCUT2D eigenvalue weighted by atomic mass is 9.80. The molecule has 1 heterocycles. The van der Waals surface area contributed by atoms with E-state index in [1.807, 2.05) is 0 Å². The van der Waals surface area contributed by atoms with Crippen molar-refractivity contribution in [1.82, 2.24) is 10.0 Å². The topological polar surface area (TPSA) is 103 Å². The number of sulfonamides is 1. The molecule has 1 aromatic rings. The number of rotatable bonds is 9. The van der Waals surface area contributed by atoms with Gasteiger partial charge < -0.3 is 19.5 Å². The summed E-state index contributed by atoms with van der Waals surface area (Å²) < 4.78 is 42.8. The summed E-state index contributed by atoms with van der Waals surface area (Å²) in [6.45, 7) is 2.30. The first kappa shape index (κ1) is 23.6. The summed E-state index contributed by atoms with van der Waals surface area (Å²) >= 11 is 0. The zero-order valence-corrected chi connectivity index (χ0v) is 17.2. The van der Waals surface area contributed by atoms with Crippen LogP contribution in [0.15, 0.2) is 29.2 Å². The lowest BCUT2D eigenvalue weighted by Gasteiger charge is -2.37. The van der Waals surface area contributed by atoms with Gasteiger partial charge in [0.05, 0.1) is 18.6 Å². The van der Waals surface area contributed by atoms with Crippen LogP contribution in [0, 0.1) is 5.41 Å². The highest BCUT2D eigenvalue weighted by molar-refractivity contribution is 7.89. The van der Waals surface area contributed by atoms with Crippen molar-refractivity contribution in [3.8, 4) is 5.75 Å². The summed E-state index contributed by atoms with van der Waals surface area (Å²) in [4.78, 5) is 11.2. The fraction of sp³-hybridized carbons (Fsp3) is 0.588. The Balaban J connectivity index is 0.00000364. The summed E-state index contributed by atoms with van der Waals surface area (Å²) in [6, 6.07) is 5.90. The number of benzene rings is 1. The van der Waals surface area contributed by atoms with E-state index in [1.165, 1.54) is 31.4 Å². The van der Waals surface area contributed by atoms with E-state index in [1.54, 1.807) is 7.11 Å². The minimum Gasteiger partial charge on any atom is -0.482 e. The average molecular weight is 423 g/mol. The minimum absolute atomic E-state index is 0. The van der Waals surface area contributed by atoms with Crippen molar-refractivity contribution in [3.05, 3.63) is 24.3 Å². The first-order chi connectivity index (χ1) is 12.4. The lowest BCUT2D eigenvalue weighted by Crippen LogP contribution is -2.47. The van der Waals surface area contributed by atoms with Gasteiger partial charge in [-0.25, -0.2) is 17.9 Å². The van der Waals surface area contributed by atoms with E-state index >= 15 is 0 Å². The largest absolute Gasteiger partial charge is 0.482 e. The van der Waals surface area contributed by atoms with Crippen LogP contribution in [0.3, 0.4) is 0 Å². The van der Waals surface area contributed by atoms with Gasteiger partial charge in [-0.1, -0.05) is 0 Å². The molecule has 0 amide bonds. The molecule has 0 aromatic heterocycles. The molecule has 2 rings (SSSR count). The Morgan fingerprint density at radius 2 is 1.81 bits per heavy atom. The minimum atomic E-state index is -3.64. The number of ether oxygens (including phenoxy) is 3. The number of carbonyl (C=O) groups excluding carboxylic acids is 1. The van der Waals surface area contributed by atoms with E-state index in [-0.39, 0.29) is 29.3 Å². The fourth-order valence-corrected chi connectivity index (χ4v) is 4.04. The van der Waals surface area contributed by atoms with Crippen molar-refractivity contribution in [3.63, 3.8) is 0 Å². The molecule has 0 spiro atoms. The van der Waals surface area contributed by atoms with Crippen molar-refractivity contribution >= 4 is 28.4 Å². The number of nitrogens with one attached hydrogen (secondary N) is 2. The molecule has 1 aliphatic rings. The molecule has 0 radical (unpaired) electrons. The summed E-state index contributed by atoms with van der Waals surface area (Å²) in [5, 5.41) is 3.28. The Kier molecular flexibility index (Phi) is 9.48. The SMILES string of the molecule is COCC1(CNS(=O)(=O)c2ccc(OCC(=O)OC)cc2)CCNCC1.Cl. The standard InChI is InChI=1S/C17H26N2O6S.ClH/c1-23-13-17(7-9-18-10-8-17)12-19-26(21,22)15-5-3-14(4-6-15)25-11-16(20)24-2;/h3-6,18-19H,7-13H2,1-2H3;1H. The van der Waals surface area contributed by atoms with Crippen LogP contribution < -0.4 is 14.8 Å². The number of hydrogen-bond acceptors (Lipinski definition) is 7. The van der Waals surface area contributed by atoms with Crippen LogP contribution in [0.5, 0.6) is 5.75 Å². The Labute approximate surface area is 166 Å². The van der Waals surface area contributed by atoms with Gasteiger partial charge in [-0.3, -0.25) is 0 Å². The van der Waals surface area contributed by atoms with Crippen LogP contribution in [0.2, 0.25) is 0 Å². The summed E-state index contributed by atoms with van der Waals surface area (Å²) in [6.07, 6.45) is 1.70. The molecule has 0 aliphatic carbocycles. The maximum atomic E-state index is 12.6. The number of halogens is 1. The van der Waals surface area contributed by atoms with Crippen LogP contribution in [0.4, 0.5) is 0 Å². The first-order valence-electron chi connectivity index (χ1n) is 8.40. The van der Waals surface area contributed by atoms with Crippen LogP contribution in [0.25, 0.3) is 0 Å². The normalized spacial score (nSPS) is 16.2. The molecule has 1 aromatic carbocycles. The predicted octanol–water partition coefficient (Wildman–Crippen LogP) is 0.955. The second kappa shape index (κ2) is 10.8. The van der Waals surface area contributed by atoms with Crippen molar-refractivity contribution in [2.45, 2.75) is 17.7 Å². The molecule has 2 N–H and O–H groups in total. The lowest BCUT2D eigenvalue weighted by molar-refractivity contribution is -0.142. The van der Waals surface area contributed by atoms with Crippen LogP contribution >= 0.6 is 12.4 Å². The summed E-state index contributed by atoms with van der Waals surface area (Å²) in [5.41, 5.74) is -0.198. The highest BCUT2D eigenvalue weighted by atomic mass is 35.5. The highest BCUT2D eigenvalue weighted by Crippen LogP contribution is 2.29. The first-order valence-corrected chi connectivity index (χ1v) is 9.88. The Bertz CT molecular complexity index is 684. The van der Waals surface area contributed by atoms with Crippen molar-refractivity contribution < 1.29 is 27.4 Å². The average Bonchev–Trinajstić information content (AvgIpc) is 2.66. The van der Waals surface area contributed by atoms with Crippen LogP contribution in [-0.2, 0) is 24.3 Å². The molecule has 27 heavy (non-hydrogen) atoms. The second-order valence-electron chi connectivity index (χ2n) is 6.34. The van der Waals surface area contributed by atoms with Gasteiger partial charge in [0.1, 0.15) is 5.75 Å². The smallest absolute Gasteiger partial charge is 0.343 e. The molecular formula is C17H27ClN2O6S. The Morgan fingerprint density at radius 1 is 1.19 bits per heavy atom. The molecule has 1 fully saturated rings. The molecule has 0 unspecified atom stereocenters. The number of methoxy groups -OCH3 is 2. The zero-order chi connectivity index (χ0) is 19.0. The highest BCUT2D eigenvalue weighted by Gasteiger charge is 2.33. The van der Waals surface area contributed by atoms with Gasteiger partial charge in [0.15, 0.2) is 6.61 Å². The summed E-state index contributed by atoms with van der Waals surface area (Å²) in [5.74, 6) is -0.114. The maximum Gasteiger partial charge on any atom is 0.343 e. The fourth-order valence-electron chi connectivity index (χ4n) is 2.88. The van der Waals surface area contributed by atoms with E-state index in [0.29, 0.717) is 18.9 Å². The van der Waals surface area contributed by atoms with E-state index in [9.17, 15) is 13.2 Å². The third kappa shape index (κ3) is 6.93. The molecule has 1 saturated heterocycles. The molecule has 0 bridgehead atoms. The van der Waals surface area contributed by atoms with Crippen LogP contribution in [-0.4, -0.2) is 61.5 Å². The molecule has 0 saturated carbocycles. The maximum absolute atomic E-state index is 12.6. The third-order valence-electron chi connectivity index (χ3n) is 4.47. The van der Waals surface area contributed by atoms with E-state index in [2.05, 4.69) is 14.8 Å². The number of esters is 1. The van der Waals surface area contributed by atoms with Gasteiger partial charge in [-0.2, -0.15) is 0 Å². The second-order valence-corrected chi connectivity index (χ2v) is 8.11. The predicted molar refractivity (Wildman–Crippen MR) is 103 cm³/mol. The number of carbonyl (C=O) groups is 1. The number of piperidine rings is 1. The molecule has 10 heteroatoms. The van der Waals surface area contributed by atoms with Crippen molar-refractivity contribution in [1.29, 1.82) is 0 Å². The van der Waals surface area contributed by atoms with Gasteiger partial charge in [0, 0.05) is 19.1 Å². The van der Waals surface area contributed by atoms with E-state index in [4.69, 9.17) is 9.47 Å². The molecule has 1 aliphatic heterocycles. The van der Waals surface area contributed by atoms with Gasteiger partial charge >= 0.3 is 5.97 Å². The van der Waals surface area contributed by atoms with Crippen molar-refractivity contribution in [2.24, 2.45) is 5.41 Å². The molecule has 8 nitrogen and oxygen atoms in total.